The van der Waals surface area contributed by atoms with E-state index in [-0.39, 0.29) is 16.8 Å². The largest absolute Gasteiger partial charge is 0.335 e. The van der Waals surface area contributed by atoms with Crippen LogP contribution in [0.3, 0.4) is 0 Å². The summed E-state index contributed by atoms with van der Waals surface area (Å²) >= 11 is 0. The zero-order valence-corrected chi connectivity index (χ0v) is 21.6. The van der Waals surface area contributed by atoms with Crippen LogP contribution in [0, 0.1) is 6.57 Å². The van der Waals surface area contributed by atoms with Crippen LogP contribution in [0.25, 0.3) is 15.7 Å². The van der Waals surface area contributed by atoms with Gasteiger partial charge in [0.1, 0.15) is 4.90 Å². The molecule has 196 valence electrons. The first-order chi connectivity index (χ1) is 18.8. The van der Waals surface area contributed by atoms with E-state index in [1.165, 1.54) is 6.07 Å². The molecule has 0 unspecified atom stereocenters. The lowest BCUT2D eigenvalue weighted by molar-refractivity contribution is 0.0671. The van der Waals surface area contributed by atoms with Gasteiger partial charge in [0.15, 0.2) is 5.69 Å². The summed E-state index contributed by atoms with van der Waals surface area (Å²) in [5.74, 6) is -0.197. The molecule has 1 aliphatic heterocycles. The number of hydrogen-bond acceptors (Lipinski definition) is 5. The second-order valence-corrected chi connectivity index (χ2v) is 10.5. The van der Waals surface area contributed by atoms with Crippen LogP contribution < -0.4 is 10.0 Å². The van der Waals surface area contributed by atoms with E-state index in [1.807, 2.05) is 0 Å². The fourth-order valence-corrected chi connectivity index (χ4v) is 5.54. The Bertz CT molecular complexity index is 1670. The van der Waals surface area contributed by atoms with Crippen molar-refractivity contribution in [1.82, 2.24) is 14.8 Å². The third-order valence-electron chi connectivity index (χ3n) is 6.37. The van der Waals surface area contributed by atoms with Crippen LogP contribution in [0.2, 0.25) is 0 Å². The number of urea groups is 1. The van der Waals surface area contributed by atoms with Crippen molar-refractivity contribution in [2.45, 2.75) is 4.90 Å². The van der Waals surface area contributed by atoms with E-state index in [9.17, 15) is 18.0 Å². The first-order valence-corrected chi connectivity index (χ1v) is 13.6. The molecule has 0 radical (unpaired) electrons. The van der Waals surface area contributed by atoms with E-state index in [0.717, 1.165) is 0 Å². The minimum absolute atomic E-state index is 0.0723. The molecule has 11 heteroatoms. The average molecular weight is 541 g/mol. The molecule has 3 amide bonds. The Kier molecular flexibility index (Phi) is 7.12. The molecule has 39 heavy (non-hydrogen) atoms. The van der Waals surface area contributed by atoms with Gasteiger partial charge in [0.2, 0.25) is 0 Å². The van der Waals surface area contributed by atoms with Gasteiger partial charge in [-0.2, -0.15) is 0 Å². The Morgan fingerprint density at radius 3 is 2.15 bits per heavy atom. The molecule has 1 fully saturated rings. The lowest BCUT2D eigenvalue weighted by atomic mass is 10.1. The summed E-state index contributed by atoms with van der Waals surface area (Å²) in [6, 6.07) is 21.1. The number of benzene rings is 3. The second kappa shape index (κ2) is 10.8. The molecular weight excluding hydrogens is 516 g/mol. The van der Waals surface area contributed by atoms with E-state index in [2.05, 4.69) is 19.9 Å². The number of rotatable bonds is 5. The van der Waals surface area contributed by atoms with Crippen molar-refractivity contribution in [1.29, 1.82) is 0 Å². The molecule has 0 saturated carbocycles. The third kappa shape index (κ3) is 5.66. The number of anilines is 2. The highest BCUT2D eigenvalue weighted by Crippen LogP contribution is 2.24. The lowest BCUT2D eigenvalue weighted by Gasteiger charge is -2.34. The van der Waals surface area contributed by atoms with E-state index < -0.39 is 10.0 Å². The van der Waals surface area contributed by atoms with Crippen LogP contribution in [-0.2, 0) is 10.0 Å². The van der Waals surface area contributed by atoms with Gasteiger partial charge in [0.05, 0.1) is 12.1 Å². The smallest absolute Gasteiger partial charge is 0.321 e. The van der Waals surface area contributed by atoms with Crippen LogP contribution in [-0.4, -0.2) is 61.3 Å². The number of hydrogen-bond donors (Lipinski definition) is 2. The Labute approximate surface area is 225 Å². The summed E-state index contributed by atoms with van der Waals surface area (Å²) in [7, 11) is -3.90. The van der Waals surface area contributed by atoms with E-state index in [1.54, 1.807) is 88.8 Å². The predicted molar refractivity (Wildman–Crippen MR) is 148 cm³/mol. The van der Waals surface area contributed by atoms with Crippen LogP contribution >= 0.6 is 0 Å². The number of aromatic nitrogens is 1. The SMILES string of the molecule is [C-]#[N+]c1ccc(NC(=O)N2CCN(C(=O)c3ccc(NS(=O)(=O)c4cccc5cccnc45)cc3)CC2)cc1. The van der Waals surface area contributed by atoms with Gasteiger partial charge in [-0.3, -0.25) is 14.5 Å². The molecule has 0 aliphatic carbocycles. The first kappa shape index (κ1) is 25.7. The van der Waals surface area contributed by atoms with Crippen molar-refractivity contribution in [2.24, 2.45) is 0 Å². The summed E-state index contributed by atoms with van der Waals surface area (Å²) in [6.07, 6.45) is 1.55. The van der Waals surface area contributed by atoms with Crippen molar-refractivity contribution >= 4 is 49.9 Å². The number of sulfonamides is 1. The molecular formula is C28H24N6O4S. The van der Waals surface area contributed by atoms with Crippen LogP contribution in [0.1, 0.15) is 10.4 Å². The highest BCUT2D eigenvalue weighted by Gasteiger charge is 2.25. The second-order valence-electron chi connectivity index (χ2n) is 8.88. The Balaban J connectivity index is 1.18. The van der Waals surface area contributed by atoms with Gasteiger partial charge in [-0.1, -0.05) is 30.3 Å². The standard InChI is InChI=1S/C28H24N6O4S/c1-29-22-11-13-23(14-12-22)31-28(36)34-18-16-33(17-19-34)27(35)21-7-9-24(10-8-21)32-39(37,38)25-6-2-4-20-5-3-15-30-26(20)25/h2-15,32H,16-19H2,(H,31,36). The van der Waals surface area contributed by atoms with Gasteiger partial charge in [-0.15, -0.1) is 0 Å². The maximum Gasteiger partial charge on any atom is 0.321 e. The molecule has 5 rings (SSSR count). The fourth-order valence-electron chi connectivity index (χ4n) is 4.30. The van der Waals surface area contributed by atoms with Crippen LogP contribution in [0.15, 0.2) is 90.0 Å². The van der Waals surface area contributed by atoms with E-state index in [4.69, 9.17) is 6.57 Å². The number of nitrogens with zero attached hydrogens (tertiary/aromatic N) is 4. The summed E-state index contributed by atoms with van der Waals surface area (Å²) in [5, 5.41) is 3.52. The van der Waals surface area contributed by atoms with Crippen molar-refractivity contribution < 1.29 is 18.0 Å². The normalized spacial score (nSPS) is 13.5. The molecule has 2 N–H and O–H groups in total. The molecule has 1 saturated heterocycles. The average Bonchev–Trinajstić information content (AvgIpc) is 2.97. The Morgan fingerprint density at radius 2 is 1.46 bits per heavy atom. The van der Waals surface area contributed by atoms with Crippen LogP contribution in [0.5, 0.6) is 0 Å². The monoisotopic (exact) mass is 540 g/mol. The molecule has 0 bridgehead atoms. The van der Waals surface area contributed by atoms with Crippen molar-refractivity contribution in [2.75, 3.05) is 36.2 Å². The minimum Gasteiger partial charge on any atom is -0.335 e. The summed E-state index contributed by atoms with van der Waals surface area (Å²) in [4.78, 5) is 36.5. The van der Waals surface area contributed by atoms with Crippen molar-refractivity contribution in [3.8, 4) is 0 Å². The zero-order valence-electron chi connectivity index (χ0n) is 20.7. The van der Waals surface area contributed by atoms with Crippen LogP contribution in [0.4, 0.5) is 21.9 Å². The Hall–Kier alpha value is -4.95. The summed E-state index contributed by atoms with van der Waals surface area (Å²) < 4.78 is 28.6. The molecule has 1 aromatic heterocycles. The number of amides is 3. The van der Waals surface area contributed by atoms with Crippen molar-refractivity contribution in [3.63, 3.8) is 0 Å². The van der Waals surface area contributed by atoms with E-state index in [0.29, 0.717) is 59.7 Å². The van der Waals surface area contributed by atoms with Gasteiger partial charge in [0, 0.05) is 54.7 Å². The predicted octanol–water partition coefficient (Wildman–Crippen LogP) is 4.58. The van der Waals surface area contributed by atoms with Gasteiger partial charge >= 0.3 is 6.03 Å². The van der Waals surface area contributed by atoms with Gasteiger partial charge < -0.3 is 15.1 Å². The molecule has 0 atom stereocenters. The molecule has 4 aromatic rings. The molecule has 2 heterocycles. The Morgan fingerprint density at radius 1 is 0.821 bits per heavy atom. The number of carbonyl (C=O) groups is 2. The third-order valence-corrected chi connectivity index (χ3v) is 7.78. The first-order valence-electron chi connectivity index (χ1n) is 12.1. The number of pyridine rings is 1. The highest BCUT2D eigenvalue weighted by atomic mass is 32.2. The highest BCUT2D eigenvalue weighted by molar-refractivity contribution is 7.93. The molecule has 1 aliphatic rings. The number of para-hydroxylation sites is 1. The zero-order chi connectivity index (χ0) is 27.4. The molecule has 10 nitrogen and oxygen atoms in total. The van der Waals surface area contributed by atoms with Gasteiger partial charge in [0.25, 0.3) is 15.9 Å². The lowest BCUT2D eigenvalue weighted by Crippen LogP contribution is -2.51. The summed E-state index contributed by atoms with van der Waals surface area (Å²) in [5.41, 5.74) is 2.21. The quantitative estimate of drug-likeness (QED) is 0.360. The van der Waals surface area contributed by atoms with E-state index >= 15 is 0 Å². The number of fused-ring (bicyclic) bond motifs is 1. The maximum absolute atomic E-state index is 13.0. The molecule has 3 aromatic carbocycles. The molecule has 0 spiro atoms. The minimum atomic E-state index is -3.90. The fraction of sp³-hybridized carbons (Fsp3) is 0.143. The number of carbonyl (C=O) groups excluding carboxylic acids is 2. The van der Waals surface area contributed by atoms with Gasteiger partial charge in [-0.25, -0.2) is 18.1 Å². The van der Waals surface area contributed by atoms with Gasteiger partial charge in [-0.05, 0) is 48.5 Å². The number of piperazine rings is 1. The number of nitrogens with one attached hydrogen (secondary N) is 2. The van der Waals surface area contributed by atoms with Crippen molar-refractivity contribution in [3.05, 3.63) is 102 Å². The summed E-state index contributed by atoms with van der Waals surface area (Å²) in [6.45, 7) is 8.47. The topological polar surface area (TPSA) is 116 Å². The maximum atomic E-state index is 13.0.